The Morgan fingerprint density at radius 2 is 1.81 bits per heavy atom. The number of carbonyl (C=O) groups excluding carboxylic acids is 1. The van der Waals surface area contributed by atoms with Crippen LogP contribution in [0.15, 0.2) is 53.4 Å². The lowest BCUT2D eigenvalue weighted by molar-refractivity contribution is -0.115. The molecule has 0 bridgehead atoms. The Kier molecular flexibility index (Phi) is 4.99. The van der Waals surface area contributed by atoms with E-state index in [-0.39, 0.29) is 23.3 Å². The molecule has 1 saturated heterocycles. The minimum absolute atomic E-state index is 0.0150. The number of nitrogens with zero attached hydrogens (tertiary/aromatic N) is 1. The number of fused-ring (bicyclic) bond motifs is 1. The molecule has 1 fully saturated rings. The number of likely N-dealkylation sites (tertiary alicyclic amines) is 1. The largest absolute Gasteiger partial charge is 0.326 e. The average molecular weight is 385 g/mol. The first kappa shape index (κ1) is 18.2. The quantitative estimate of drug-likeness (QED) is 0.800. The highest BCUT2D eigenvalue weighted by Crippen LogP contribution is 2.27. The minimum atomic E-state index is -3.65. The van der Waals surface area contributed by atoms with Crippen molar-refractivity contribution in [3.63, 3.8) is 0 Å². The third-order valence-corrected chi connectivity index (χ3v) is 6.67. The Morgan fingerprint density at radius 1 is 1.07 bits per heavy atom. The van der Waals surface area contributed by atoms with Crippen molar-refractivity contribution in [3.8, 4) is 0 Å². The van der Waals surface area contributed by atoms with Crippen LogP contribution in [-0.2, 0) is 21.2 Å². The molecule has 0 radical (unpaired) electrons. The molecule has 2 N–H and O–H groups in total. The van der Waals surface area contributed by atoms with Gasteiger partial charge in [-0.1, -0.05) is 30.3 Å². The van der Waals surface area contributed by atoms with Crippen LogP contribution < -0.4 is 10.0 Å². The average Bonchev–Trinajstić information content (AvgIpc) is 3.31. The van der Waals surface area contributed by atoms with Crippen molar-refractivity contribution < 1.29 is 13.2 Å². The van der Waals surface area contributed by atoms with Gasteiger partial charge in [-0.2, -0.15) is 0 Å². The van der Waals surface area contributed by atoms with E-state index in [1.54, 1.807) is 18.2 Å². The Balaban J connectivity index is 1.53. The number of amides is 1. The molecule has 7 heteroatoms. The van der Waals surface area contributed by atoms with Gasteiger partial charge < -0.3 is 5.32 Å². The van der Waals surface area contributed by atoms with Gasteiger partial charge in [-0.3, -0.25) is 9.69 Å². The molecule has 2 aliphatic rings. The summed E-state index contributed by atoms with van der Waals surface area (Å²) in [7, 11) is -3.65. The predicted octanol–water partition coefficient (Wildman–Crippen LogP) is 2.30. The monoisotopic (exact) mass is 385 g/mol. The van der Waals surface area contributed by atoms with Crippen LogP contribution in [0.4, 0.5) is 5.69 Å². The van der Waals surface area contributed by atoms with Gasteiger partial charge >= 0.3 is 0 Å². The molecule has 2 aromatic rings. The number of sulfonamides is 1. The van der Waals surface area contributed by atoms with Crippen LogP contribution in [-0.4, -0.2) is 38.9 Å². The summed E-state index contributed by atoms with van der Waals surface area (Å²) in [6.45, 7) is 2.28. The van der Waals surface area contributed by atoms with Crippen molar-refractivity contribution in [1.29, 1.82) is 0 Å². The maximum atomic E-state index is 12.8. The Morgan fingerprint density at radius 3 is 2.56 bits per heavy atom. The molecule has 1 atom stereocenters. The Hall–Kier alpha value is -2.22. The van der Waals surface area contributed by atoms with Crippen molar-refractivity contribution in [1.82, 2.24) is 9.62 Å². The van der Waals surface area contributed by atoms with E-state index in [1.807, 2.05) is 30.3 Å². The second-order valence-corrected chi connectivity index (χ2v) is 8.83. The van der Waals surface area contributed by atoms with E-state index in [2.05, 4.69) is 14.9 Å². The fourth-order valence-corrected chi connectivity index (χ4v) is 4.92. The highest BCUT2D eigenvalue weighted by atomic mass is 32.2. The summed E-state index contributed by atoms with van der Waals surface area (Å²) in [5.41, 5.74) is 2.53. The van der Waals surface area contributed by atoms with Gasteiger partial charge in [0.2, 0.25) is 15.9 Å². The second kappa shape index (κ2) is 7.42. The standard InChI is InChI=1S/C20H23N3O3S/c24-20-13-16-12-17(8-9-18(16)22-20)27(25,26)21-14-19(23-10-4-5-11-23)15-6-2-1-3-7-15/h1-3,6-9,12,19,21H,4-5,10-11,13-14H2,(H,22,24). The highest BCUT2D eigenvalue weighted by Gasteiger charge is 2.26. The number of hydrogen-bond donors (Lipinski definition) is 2. The summed E-state index contributed by atoms with van der Waals surface area (Å²) in [5, 5.41) is 2.72. The zero-order valence-electron chi connectivity index (χ0n) is 15.0. The first-order chi connectivity index (χ1) is 13.0. The van der Waals surface area contributed by atoms with Crippen LogP contribution in [0, 0.1) is 0 Å². The van der Waals surface area contributed by atoms with Gasteiger partial charge in [0.25, 0.3) is 0 Å². The molecule has 4 rings (SSSR count). The summed E-state index contributed by atoms with van der Waals surface area (Å²) < 4.78 is 28.4. The molecule has 6 nitrogen and oxygen atoms in total. The van der Waals surface area contributed by atoms with E-state index in [4.69, 9.17) is 0 Å². The van der Waals surface area contributed by atoms with Crippen molar-refractivity contribution in [3.05, 3.63) is 59.7 Å². The number of nitrogens with one attached hydrogen (secondary N) is 2. The lowest BCUT2D eigenvalue weighted by atomic mass is 10.1. The third-order valence-electron chi connectivity index (χ3n) is 5.24. The van der Waals surface area contributed by atoms with E-state index in [9.17, 15) is 13.2 Å². The van der Waals surface area contributed by atoms with Crippen molar-refractivity contribution in [2.45, 2.75) is 30.2 Å². The molecule has 142 valence electrons. The van der Waals surface area contributed by atoms with E-state index in [0.29, 0.717) is 12.2 Å². The van der Waals surface area contributed by atoms with Crippen molar-refractivity contribution in [2.24, 2.45) is 0 Å². The second-order valence-electron chi connectivity index (χ2n) is 7.07. The van der Waals surface area contributed by atoms with Gasteiger partial charge in [-0.05, 0) is 55.3 Å². The van der Waals surface area contributed by atoms with Gasteiger partial charge in [0, 0.05) is 18.3 Å². The molecule has 27 heavy (non-hydrogen) atoms. The molecule has 1 unspecified atom stereocenters. The SMILES string of the molecule is O=C1Cc2cc(S(=O)(=O)NCC(c3ccccc3)N3CCCC3)ccc2N1. The molecule has 2 heterocycles. The molecule has 2 aromatic carbocycles. The van der Waals surface area contributed by atoms with Gasteiger partial charge in [0.05, 0.1) is 11.3 Å². The fourth-order valence-electron chi connectivity index (χ4n) is 3.83. The summed E-state index contributed by atoms with van der Waals surface area (Å²) in [6, 6.07) is 14.8. The summed E-state index contributed by atoms with van der Waals surface area (Å²) in [4.78, 5) is 14.0. The molecule has 0 aliphatic carbocycles. The van der Waals surface area contributed by atoms with Crippen molar-refractivity contribution >= 4 is 21.6 Å². The number of benzene rings is 2. The van der Waals surface area contributed by atoms with Gasteiger partial charge in [-0.15, -0.1) is 0 Å². The van der Waals surface area contributed by atoms with Crippen LogP contribution >= 0.6 is 0 Å². The topological polar surface area (TPSA) is 78.5 Å². The highest BCUT2D eigenvalue weighted by molar-refractivity contribution is 7.89. The number of hydrogen-bond acceptors (Lipinski definition) is 4. The summed E-state index contributed by atoms with van der Waals surface area (Å²) in [6.07, 6.45) is 2.50. The molecular weight excluding hydrogens is 362 g/mol. The van der Waals surface area contributed by atoms with Gasteiger partial charge in [-0.25, -0.2) is 13.1 Å². The van der Waals surface area contributed by atoms with Crippen LogP contribution in [0.2, 0.25) is 0 Å². The molecule has 0 saturated carbocycles. The van der Waals surface area contributed by atoms with Crippen LogP contribution in [0.25, 0.3) is 0 Å². The molecule has 1 amide bonds. The molecule has 2 aliphatic heterocycles. The van der Waals surface area contributed by atoms with Crippen molar-refractivity contribution in [2.75, 3.05) is 25.0 Å². The molecule has 0 spiro atoms. The van der Waals surface area contributed by atoms with Gasteiger partial charge in [0.1, 0.15) is 0 Å². The van der Waals surface area contributed by atoms with Crippen LogP contribution in [0.1, 0.15) is 30.0 Å². The van der Waals surface area contributed by atoms with Gasteiger partial charge in [0.15, 0.2) is 0 Å². The number of rotatable bonds is 6. The lowest BCUT2D eigenvalue weighted by Gasteiger charge is -2.28. The Bertz CT molecular complexity index is 938. The normalized spacial score (nSPS) is 18.3. The third kappa shape index (κ3) is 3.90. The molecular formula is C20H23N3O3S. The Labute approximate surface area is 159 Å². The van der Waals surface area contributed by atoms with Crippen LogP contribution in [0.3, 0.4) is 0 Å². The summed E-state index contributed by atoms with van der Waals surface area (Å²) in [5.74, 6) is -0.106. The maximum absolute atomic E-state index is 12.8. The predicted molar refractivity (Wildman–Crippen MR) is 104 cm³/mol. The first-order valence-electron chi connectivity index (χ1n) is 9.24. The first-order valence-corrected chi connectivity index (χ1v) is 10.7. The molecule has 0 aromatic heterocycles. The zero-order valence-corrected chi connectivity index (χ0v) is 15.8. The van der Waals surface area contributed by atoms with Crippen LogP contribution in [0.5, 0.6) is 0 Å². The number of carbonyl (C=O) groups is 1. The number of anilines is 1. The van der Waals surface area contributed by atoms with E-state index in [0.717, 1.165) is 37.1 Å². The fraction of sp³-hybridized carbons (Fsp3) is 0.350. The maximum Gasteiger partial charge on any atom is 0.240 e. The van der Waals surface area contributed by atoms with E-state index < -0.39 is 10.0 Å². The summed E-state index contributed by atoms with van der Waals surface area (Å²) >= 11 is 0. The minimum Gasteiger partial charge on any atom is -0.326 e. The van der Waals surface area contributed by atoms with E-state index in [1.165, 1.54) is 0 Å². The zero-order chi connectivity index (χ0) is 18.9. The van der Waals surface area contributed by atoms with E-state index >= 15 is 0 Å². The smallest absolute Gasteiger partial charge is 0.240 e. The lowest BCUT2D eigenvalue weighted by Crippen LogP contribution is -2.36.